The molecule has 0 fully saturated rings. The van der Waals surface area contributed by atoms with Gasteiger partial charge in [-0.25, -0.2) is 0 Å². The van der Waals surface area contributed by atoms with Gasteiger partial charge in [-0.1, -0.05) is 32.1 Å². The number of Topliss-reactive ketones (excluding diaryl/α,β-unsaturated/α-hetero) is 3. The average molecular weight is 442 g/mol. The molecule has 6 heteroatoms. The first-order chi connectivity index (χ1) is 11.0. The Labute approximate surface area is 150 Å². The number of fused-ring (bicyclic) bond motifs is 1. The second kappa shape index (κ2) is 7.36. The molecule has 23 heavy (non-hydrogen) atoms. The van der Waals surface area contributed by atoms with Crippen LogP contribution < -0.4 is 0 Å². The molecule has 4 nitrogen and oxygen atoms in total. The van der Waals surface area contributed by atoms with Crippen molar-refractivity contribution in [2.45, 2.75) is 26.7 Å². The number of halogens is 2. The van der Waals surface area contributed by atoms with Crippen molar-refractivity contribution in [3.8, 4) is 0 Å². The highest BCUT2D eigenvalue weighted by Crippen LogP contribution is 2.39. The van der Waals surface area contributed by atoms with Crippen molar-refractivity contribution < 1.29 is 18.8 Å². The van der Waals surface area contributed by atoms with Crippen LogP contribution in [0.3, 0.4) is 0 Å². The first-order valence-electron chi connectivity index (χ1n) is 7.20. The predicted octanol–water partition coefficient (Wildman–Crippen LogP) is 4.99. The molecule has 120 valence electrons. The zero-order chi connectivity index (χ0) is 17.1. The van der Waals surface area contributed by atoms with Gasteiger partial charge in [0.25, 0.3) is 0 Å². The summed E-state index contributed by atoms with van der Waals surface area (Å²) in [5, 5.41) is 0. The SMILES string of the molecule is CC.O=C1C(=O)c2c(C(=O)C3=CCCC=C3)coc2C(Br)=C1Br. The number of allylic oxidation sites excluding steroid dienone is 5. The first kappa shape index (κ1) is 17.8. The summed E-state index contributed by atoms with van der Waals surface area (Å²) in [4.78, 5) is 36.5. The molecule has 0 saturated heterocycles. The van der Waals surface area contributed by atoms with E-state index in [0.717, 1.165) is 12.8 Å². The Balaban J connectivity index is 0.000000924. The summed E-state index contributed by atoms with van der Waals surface area (Å²) < 4.78 is 5.76. The molecule has 0 radical (unpaired) electrons. The molecule has 1 heterocycles. The van der Waals surface area contributed by atoms with Crippen molar-refractivity contribution in [3.05, 3.63) is 51.4 Å². The highest BCUT2D eigenvalue weighted by molar-refractivity contribution is 9.16. The maximum absolute atomic E-state index is 12.5. The van der Waals surface area contributed by atoms with Gasteiger partial charge in [0.1, 0.15) is 6.26 Å². The van der Waals surface area contributed by atoms with Gasteiger partial charge in [0.15, 0.2) is 11.5 Å². The molecule has 1 aromatic rings. The lowest BCUT2D eigenvalue weighted by atomic mass is 9.92. The van der Waals surface area contributed by atoms with Gasteiger partial charge in [-0.15, -0.1) is 0 Å². The third-order valence-corrected chi connectivity index (χ3v) is 5.36. The van der Waals surface area contributed by atoms with Gasteiger partial charge in [-0.2, -0.15) is 0 Å². The number of carbonyl (C=O) groups excluding carboxylic acids is 3. The van der Waals surface area contributed by atoms with Crippen molar-refractivity contribution in [2.24, 2.45) is 0 Å². The van der Waals surface area contributed by atoms with E-state index in [1.165, 1.54) is 6.26 Å². The molecule has 2 aliphatic rings. The van der Waals surface area contributed by atoms with Gasteiger partial charge < -0.3 is 4.42 Å². The van der Waals surface area contributed by atoms with Crippen LogP contribution in [0, 0.1) is 0 Å². The van der Waals surface area contributed by atoms with E-state index >= 15 is 0 Å². The Kier molecular flexibility index (Phi) is 5.70. The summed E-state index contributed by atoms with van der Waals surface area (Å²) in [7, 11) is 0. The van der Waals surface area contributed by atoms with E-state index in [0.29, 0.717) is 10.1 Å². The highest BCUT2D eigenvalue weighted by atomic mass is 79.9. The van der Waals surface area contributed by atoms with Crippen molar-refractivity contribution in [1.82, 2.24) is 0 Å². The predicted molar refractivity (Wildman–Crippen MR) is 95.0 cm³/mol. The lowest BCUT2D eigenvalue weighted by molar-refractivity contribution is -0.111. The zero-order valence-electron chi connectivity index (χ0n) is 12.6. The summed E-state index contributed by atoms with van der Waals surface area (Å²) in [6, 6.07) is 0. The van der Waals surface area contributed by atoms with Crippen LogP contribution in [0.25, 0.3) is 4.48 Å². The van der Waals surface area contributed by atoms with Crippen molar-refractivity contribution in [2.75, 3.05) is 0 Å². The standard InChI is InChI=1S/C15H8Br2O4.C2H6/c16-10-11(17)15-9(13(19)14(10)20)8(6-21-15)12(18)7-4-2-1-3-5-7;1-2/h2,4-6H,1,3H2;1-2H3. The van der Waals surface area contributed by atoms with Crippen molar-refractivity contribution >= 4 is 53.7 Å². The Hall–Kier alpha value is -1.53. The minimum absolute atomic E-state index is 0.0277. The molecule has 0 bridgehead atoms. The fourth-order valence-corrected chi connectivity index (χ4v) is 3.09. The number of hydrogen-bond donors (Lipinski definition) is 0. The van der Waals surface area contributed by atoms with Crippen LogP contribution in [-0.4, -0.2) is 17.3 Å². The number of rotatable bonds is 2. The maximum Gasteiger partial charge on any atom is 0.241 e. The topological polar surface area (TPSA) is 64.3 Å². The number of ketones is 3. The molecular formula is C17H14Br2O4. The molecule has 1 aromatic heterocycles. The molecule has 0 atom stereocenters. The normalized spacial score (nSPS) is 16.6. The summed E-state index contributed by atoms with van der Waals surface area (Å²) >= 11 is 6.25. The molecule has 2 aliphatic carbocycles. The van der Waals surface area contributed by atoms with Gasteiger partial charge in [0.05, 0.1) is 20.1 Å². The Morgan fingerprint density at radius 1 is 1.09 bits per heavy atom. The van der Waals surface area contributed by atoms with Crippen LogP contribution >= 0.6 is 31.9 Å². The summed E-state index contributed by atoms with van der Waals surface area (Å²) in [5.74, 6) is -1.54. The van der Waals surface area contributed by atoms with Crippen LogP contribution in [0.1, 0.15) is 53.2 Å². The second-order valence-corrected chi connectivity index (χ2v) is 6.19. The summed E-state index contributed by atoms with van der Waals surface area (Å²) in [6.45, 7) is 4.00. The van der Waals surface area contributed by atoms with Crippen LogP contribution in [0.5, 0.6) is 0 Å². The lowest BCUT2D eigenvalue weighted by Gasteiger charge is -2.11. The maximum atomic E-state index is 12.5. The quantitative estimate of drug-likeness (QED) is 0.479. The van der Waals surface area contributed by atoms with Crippen LogP contribution in [0.4, 0.5) is 0 Å². The fraction of sp³-hybridized carbons (Fsp3) is 0.235. The Bertz CT molecular complexity index is 779. The molecular weight excluding hydrogens is 428 g/mol. The first-order valence-corrected chi connectivity index (χ1v) is 8.78. The third kappa shape index (κ3) is 3.10. The lowest BCUT2D eigenvalue weighted by Crippen LogP contribution is -2.22. The highest BCUT2D eigenvalue weighted by Gasteiger charge is 2.37. The molecule has 0 N–H and O–H groups in total. The van der Waals surface area contributed by atoms with Gasteiger partial charge in [0.2, 0.25) is 11.6 Å². The van der Waals surface area contributed by atoms with E-state index in [1.807, 2.05) is 26.0 Å². The largest absolute Gasteiger partial charge is 0.462 e. The van der Waals surface area contributed by atoms with Crippen molar-refractivity contribution in [3.63, 3.8) is 0 Å². The van der Waals surface area contributed by atoms with Gasteiger partial charge in [-0.05, 0) is 44.7 Å². The fourth-order valence-electron chi connectivity index (χ4n) is 2.26. The Morgan fingerprint density at radius 2 is 1.78 bits per heavy atom. The van der Waals surface area contributed by atoms with E-state index < -0.39 is 11.6 Å². The third-order valence-electron chi connectivity index (χ3n) is 3.32. The van der Waals surface area contributed by atoms with Crippen LogP contribution in [-0.2, 0) is 4.79 Å². The van der Waals surface area contributed by atoms with E-state index in [9.17, 15) is 14.4 Å². The van der Waals surface area contributed by atoms with Crippen LogP contribution in [0.15, 0.2) is 39.0 Å². The summed E-state index contributed by atoms with van der Waals surface area (Å²) in [5.41, 5.74) is 0.660. The molecule has 3 rings (SSSR count). The molecule has 0 amide bonds. The molecule has 0 saturated carbocycles. The van der Waals surface area contributed by atoms with Crippen LogP contribution in [0.2, 0.25) is 0 Å². The number of furan rings is 1. The van der Waals surface area contributed by atoms with Gasteiger partial charge >= 0.3 is 0 Å². The summed E-state index contributed by atoms with van der Waals surface area (Å²) in [6.07, 6.45) is 8.34. The molecule has 0 aromatic carbocycles. The van der Waals surface area contributed by atoms with E-state index in [4.69, 9.17) is 4.42 Å². The Morgan fingerprint density at radius 3 is 2.39 bits per heavy atom. The van der Waals surface area contributed by atoms with Crippen molar-refractivity contribution in [1.29, 1.82) is 0 Å². The van der Waals surface area contributed by atoms with Gasteiger partial charge in [0, 0.05) is 5.57 Å². The monoisotopic (exact) mass is 440 g/mol. The average Bonchev–Trinajstić information content (AvgIpc) is 3.05. The van der Waals surface area contributed by atoms with E-state index in [1.54, 1.807) is 6.08 Å². The molecule has 0 spiro atoms. The smallest absolute Gasteiger partial charge is 0.241 e. The van der Waals surface area contributed by atoms with E-state index in [2.05, 4.69) is 31.9 Å². The zero-order valence-corrected chi connectivity index (χ0v) is 15.8. The minimum Gasteiger partial charge on any atom is -0.462 e. The van der Waals surface area contributed by atoms with Gasteiger partial charge in [-0.3, -0.25) is 14.4 Å². The minimum atomic E-state index is -0.738. The number of carbonyl (C=O) groups is 3. The number of hydrogen-bond acceptors (Lipinski definition) is 4. The van der Waals surface area contributed by atoms with E-state index in [-0.39, 0.29) is 27.2 Å². The molecule has 0 unspecified atom stereocenters. The molecule has 0 aliphatic heterocycles. The second-order valence-electron chi connectivity index (χ2n) is 4.61.